The first-order chi connectivity index (χ1) is 9.15. The summed E-state index contributed by atoms with van der Waals surface area (Å²) in [5, 5.41) is 3.41. The maximum absolute atomic E-state index is 4.46. The van der Waals surface area contributed by atoms with Gasteiger partial charge in [-0.1, -0.05) is 20.3 Å². The molecule has 0 spiro atoms. The molecule has 0 saturated heterocycles. The summed E-state index contributed by atoms with van der Waals surface area (Å²) in [6.45, 7) is 7.39. The highest BCUT2D eigenvalue weighted by atomic mass is 15.2. The molecule has 0 atom stereocenters. The third-order valence-electron chi connectivity index (χ3n) is 3.67. The molecule has 0 amide bonds. The van der Waals surface area contributed by atoms with Crippen LogP contribution in [0.4, 0.5) is 5.95 Å². The van der Waals surface area contributed by atoms with E-state index < -0.39 is 0 Å². The van der Waals surface area contributed by atoms with Gasteiger partial charge in [-0.3, -0.25) is 0 Å². The van der Waals surface area contributed by atoms with Crippen LogP contribution in [0, 0.1) is 11.8 Å². The van der Waals surface area contributed by atoms with E-state index in [0.29, 0.717) is 5.92 Å². The van der Waals surface area contributed by atoms with Crippen LogP contribution < -0.4 is 10.2 Å². The fourth-order valence-corrected chi connectivity index (χ4v) is 2.29. The minimum atomic E-state index is 0.675. The molecule has 19 heavy (non-hydrogen) atoms. The van der Waals surface area contributed by atoms with E-state index >= 15 is 0 Å². The van der Waals surface area contributed by atoms with E-state index in [0.717, 1.165) is 37.1 Å². The Hall–Kier alpha value is -1.16. The van der Waals surface area contributed by atoms with Crippen molar-refractivity contribution in [3.8, 4) is 0 Å². The SMILES string of the molecule is CC(C)CNCc1cnc(N(C)CC2CCC2)nc1. The van der Waals surface area contributed by atoms with Crippen LogP contribution in [0.25, 0.3) is 0 Å². The molecule has 0 bridgehead atoms. The smallest absolute Gasteiger partial charge is 0.225 e. The zero-order chi connectivity index (χ0) is 13.7. The average molecular weight is 262 g/mol. The lowest BCUT2D eigenvalue weighted by Crippen LogP contribution is -2.30. The molecule has 1 aliphatic carbocycles. The van der Waals surface area contributed by atoms with Crippen LogP contribution in [0.5, 0.6) is 0 Å². The fourth-order valence-electron chi connectivity index (χ4n) is 2.29. The van der Waals surface area contributed by atoms with Gasteiger partial charge < -0.3 is 10.2 Å². The van der Waals surface area contributed by atoms with E-state index in [9.17, 15) is 0 Å². The molecule has 0 aliphatic heterocycles. The molecular weight excluding hydrogens is 236 g/mol. The number of aromatic nitrogens is 2. The van der Waals surface area contributed by atoms with Gasteiger partial charge in [0.2, 0.25) is 5.95 Å². The minimum absolute atomic E-state index is 0.675. The highest BCUT2D eigenvalue weighted by molar-refractivity contribution is 5.28. The lowest BCUT2D eigenvalue weighted by Gasteiger charge is -2.30. The maximum atomic E-state index is 4.46. The quantitative estimate of drug-likeness (QED) is 0.819. The molecule has 0 unspecified atom stereocenters. The second-order valence-corrected chi connectivity index (χ2v) is 6.09. The number of anilines is 1. The largest absolute Gasteiger partial charge is 0.344 e. The summed E-state index contributed by atoms with van der Waals surface area (Å²) in [6.07, 6.45) is 7.99. The number of nitrogens with zero attached hydrogens (tertiary/aromatic N) is 3. The summed E-state index contributed by atoms with van der Waals surface area (Å²) in [6, 6.07) is 0. The van der Waals surface area contributed by atoms with E-state index in [-0.39, 0.29) is 0 Å². The lowest BCUT2D eigenvalue weighted by atomic mass is 9.85. The standard InChI is InChI=1S/C15H26N4/c1-12(2)7-16-8-14-9-17-15(18-10-14)19(3)11-13-5-4-6-13/h9-10,12-13,16H,4-8,11H2,1-3H3. The molecule has 2 rings (SSSR count). The maximum Gasteiger partial charge on any atom is 0.225 e. The fraction of sp³-hybridized carbons (Fsp3) is 0.733. The Labute approximate surface area is 116 Å². The van der Waals surface area contributed by atoms with Gasteiger partial charge in [0, 0.05) is 38.1 Å². The molecular formula is C15H26N4. The monoisotopic (exact) mass is 262 g/mol. The van der Waals surface area contributed by atoms with Crippen LogP contribution in [0.2, 0.25) is 0 Å². The molecule has 1 aromatic rings. The predicted octanol–water partition coefficient (Wildman–Crippen LogP) is 2.46. The van der Waals surface area contributed by atoms with Gasteiger partial charge >= 0.3 is 0 Å². The number of rotatable bonds is 7. The highest BCUT2D eigenvalue weighted by Crippen LogP contribution is 2.27. The first kappa shape index (κ1) is 14.3. The molecule has 1 heterocycles. The summed E-state index contributed by atoms with van der Waals surface area (Å²) in [5.41, 5.74) is 1.15. The number of hydrogen-bond donors (Lipinski definition) is 1. The van der Waals surface area contributed by atoms with Gasteiger partial charge in [0.1, 0.15) is 0 Å². The van der Waals surface area contributed by atoms with Crippen molar-refractivity contribution >= 4 is 5.95 Å². The Kier molecular flexibility index (Phi) is 5.14. The second-order valence-electron chi connectivity index (χ2n) is 6.09. The van der Waals surface area contributed by atoms with Crippen molar-refractivity contribution in [2.24, 2.45) is 11.8 Å². The number of nitrogens with one attached hydrogen (secondary N) is 1. The van der Waals surface area contributed by atoms with Crippen LogP contribution in [0.15, 0.2) is 12.4 Å². The van der Waals surface area contributed by atoms with Crippen LogP contribution in [-0.2, 0) is 6.54 Å². The van der Waals surface area contributed by atoms with Crippen LogP contribution >= 0.6 is 0 Å². The van der Waals surface area contributed by atoms with Gasteiger partial charge in [0.25, 0.3) is 0 Å². The summed E-state index contributed by atoms with van der Waals surface area (Å²) >= 11 is 0. The van der Waals surface area contributed by atoms with Gasteiger partial charge in [-0.2, -0.15) is 0 Å². The van der Waals surface area contributed by atoms with Gasteiger partial charge in [0.05, 0.1) is 0 Å². The van der Waals surface area contributed by atoms with Crippen LogP contribution in [0.3, 0.4) is 0 Å². The van der Waals surface area contributed by atoms with Crippen LogP contribution in [0.1, 0.15) is 38.7 Å². The molecule has 4 heteroatoms. The third kappa shape index (κ3) is 4.46. The topological polar surface area (TPSA) is 41.1 Å². The molecule has 0 aromatic carbocycles. The zero-order valence-corrected chi connectivity index (χ0v) is 12.4. The molecule has 1 aliphatic rings. The molecule has 4 nitrogen and oxygen atoms in total. The molecule has 1 aromatic heterocycles. The predicted molar refractivity (Wildman–Crippen MR) is 79.2 cm³/mol. The van der Waals surface area contributed by atoms with E-state index in [1.807, 2.05) is 12.4 Å². The lowest BCUT2D eigenvalue weighted by molar-refractivity contribution is 0.320. The summed E-state index contributed by atoms with van der Waals surface area (Å²) < 4.78 is 0. The Morgan fingerprint density at radius 2 is 2.00 bits per heavy atom. The van der Waals surface area contributed by atoms with E-state index in [2.05, 4.69) is 41.1 Å². The van der Waals surface area contributed by atoms with E-state index in [4.69, 9.17) is 0 Å². The van der Waals surface area contributed by atoms with Crippen molar-refractivity contribution in [2.45, 2.75) is 39.7 Å². The van der Waals surface area contributed by atoms with Gasteiger partial charge in [-0.15, -0.1) is 0 Å². The molecule has 1 saturated carbocycles. The van der Waals surface area contributed by atoms with Crippen molar-refractivity contribution in [1.82, 2.24) is 15.3 Å². The first-order valence-corrected chi connectivity index (χ1v) is 7.38. The van der Waals surface area contributed by atoms with Gasteiger partial charge in [-0.25, -0.2) is 9.97 Å². The first-order valence-electron chi connectivity index (χ1n) is 7.38. The van der Waals surface area contributed by atoms with Gasteiger partial charge in [-0.05, 0) is 31.2 Å². The van der Waals surface area contributed by atoms with Crippen molar-refractivity contribution in [2.75, 3.05) is 25.0 Å². The van der Waals surface area contributed by atoms with Crippen molar-refractivity contribution < 1.29 is 0 Å². The summed E-state index contributed by atoms with van der Waals surface area (Å²) in [4.78, 5) is 11.1. The average Bonchev–Trinajstić information content (AvgIpc) is 2.34. The van der Waals surface area contributed by atoms with Crippen LogP contribution in [-0.4, -0.2) is 30.1 Å². The van der Waals surface area contributed by atoms with Crippen molar-refractivity contribution in [3.05, 3.63) is 18.0 Å². The zero-order valence-electron chi connectivity index (χ0n) is 12.4. The molecule has 106 valence electrons. The van der Waals surface area contributed by atoms with E-state index in [1.165, 1.54) is 19.3 Å². The van der Waals surface area contributed by atoms with Crippen molar-refractivity contribution in [1.29, 1.82) is 0 Å². The minimum Gasteiger partial charge on any atom is -0.344 e. The Morgan fingerprint density at radius 1 is 1.32 bits per heavy atom. The normalized spacial score (nSPS) is 15.6. The Bertz CT molecular complexity index is 370. The highest BCUT2D eigenvalue weighted by Gasteiger charge is 2.19. The molecule has 1 N–H and O–H groups in total. The second kappa shape index (κ2) is 6.85. The third-order valence-corrected chi connectivity index (χ3v) is 3.67. The molecule has 1 fully saturated rings. The summed E-state index contributed by atoms with van der Waals surface area (Å²) in [7, 11) is 2.09. The molecule has 0 radical (unpaired) electrons. The number of hydrogen-bond acceptors (Lipinski definition) is 4. The van der Waals surface area contributed by atoms with E-state index in [1.54, 1.807) is 0 Å². The Morgan fingerprint density at radius 3 is 2.53 bits per heavy atom. The summed E-state index contributed by atoms with van der Waals surface area (Å²) in [5.74, 6) is 2.37. The van der Waals surface area contributed by atoms with Crippen molar-refractivity contribution in [3.63, 3.8) is 0 Å². The van der Waals surface area contributed by atoms with Gasteiger partial charge in [0.15, 0.2) is 0 Å². The Balaban J connectivity index is 1.79.